The molecule has 1 aliphatic heterocycles. The summed E-state index contributed by atoms with van der Waals surface area (Å²) in [5, 5.41) is 5.66. The van der Waals surface area contributed by atoms with Crippen LogP contribution in [0.1, 0.15) is 19.8 Å². The third-order valence-corrected chi connectivity index (χ3v) is 5.82. The summed E-state index contributed by atoms with van der Waals surface area (Å²) in [6.07, 6.45) is 7.51. The van der Waals surface area contributed by atoms with E-state index in [0.29, 0.717) is 16.6 Å². The topological polar surface area (TPSA) is 64.7 Å². The maximum Gasteiger partial charge on any atom is 0.235 e. The van der Waals surface area contributed by atoms with Gasteiger partial charge >= 0.3 is 0 Å². The highest BCUT2D eigenvalue weighted by Crippen LogP contribution is 2.35. The Balaban J connectivity index is 1.73. The molecule has 0 amide bonds. The lowest BCUT2D eigenvalue weighted by molar-refractivity contribution is 0.691. The number of hydrogen-bond acceptors (Lipinski definition) is 5. The van der Waals surface area contributed by atoms with Gasteiger partial charge in [0.1, 0.15) is 11.8 Å². The molecule has 4 heterocycles. The Kier molecular flexibility index (Phi) is 4.64. The van der Waals surface area contributed by atoms with Crippen LogP contribution in [0.4, 0.5) is 5.95 Å². The van der Waals surface area contributed by atoms with Crippen LogP contribution in [0.3, 0.4) is 0 Å². The average Bonchev–Trinajstić information content (AvgIpc) is 3.45. The zero-order chi connectivity index (χ0) is 20.0. The first-order valence-corrected chi connectivity index (χ1v) is 10.4. The van der Waals surface area contributed by atoms with E-state index in [1.807, 2.05) is 23.0 Å². The molecule has 0 bridgehead atoms. The van der Waals surface area contributed by atoms with Crippen LogP contribution in [0.25, 0.3) is 28.1 Å². The second kappa shape index (κ2) is 7.31. The second-order valence-electron chi connectivity index (χ2n) is 7.00. The van der Waals surface area contributed by atoms with Gasteiger partial charge in [-0.1, -0.05) is 29.3 Å². The predicted octanol–water partition coefficient (Wildman–Crippen LogP) is 4.61. The van der Waals surface area contributed by atoms with Crippen molar-refractivity contribution in [2.45, 2.75) is 26.3 Å². The predicted molar refractivity (Wildman–Crippen MR) is 115 cm³/mol. The minimum Gasteiger partial charge on any atom is -0.341 e. The number of halogens is 2. The van der Waals surface area contributed by atoms with Gasteiger partial charge in [0.25, 0.3) is 0 Å². The van der Waals surface area contributed by atoms with Gasteiger partial charge in [0, 0.05) is 42.0 Å². The largest absolute Gasteiger partial charge is 0.341 e. The number of fused-ring (bicyclic) bond motifs is 1. The van der Waals surface area contributed by atoms with Gasteiger partial charge in [0.05, 0.1) is 16.7 Å². The minimum atomic E-state index is 0.579. The lowest BCUT2D eigenvalue weighted by Crippen LogP contribution is -2.23. The molecular weight excluding hydrogens is 409 g/mol. The van der Waals surface area contributed by atoms with Crippen LogP contribution in [0.15, 0.2) is 36.9 Å². The van der Waals surface area contributed by atoms with Crippen molar-refractivity contribution < 1.29 is 0 Å². The van der Waals surface area contributed by atoms with Crippen molar-refractivity contribution in [2.75, 3.05) is 18.0 Å². The van der Waals surface area contributed by atoms with Crippen molar-refractivity contribution in [1.82, 2.24) is 29.3 Å². The lowest BCUT2D eigenvalue weighted by atomic mass is 10.1. The molecule has 0 unspecified atom stereocenters. The van der Waals surface area contributed by atoms with Gasteiger partial charge in [-0.2, -0.15) is 14.8 Å². The maximum absolute atomic E-state index is 6.50. The molecule has 4 aromatic rings. The van der Waals surface area contributed by atoms with Crippen LogP contribution in [0.2, 0.25) is 10.0 Å². The molecule has 7 nitrogen and oxygen atoms in total. The zero-order valence-corrected chi connectivity index (χ0v) is 17.4. The molecule has 3 aromatic heterocycles. The number of imidazole rings is 1. The summed E-state index contributed by atoms with van der Waals surface area (Å²) in [5.74, 6) is 1.55. The molecule has 9 heteroatoms. The van der Waals surface area contributed by atoms with E-state index in [9.17, 15) is 0 Å². The van der Waals surface area contributed by atoms with Crippen LogP contribution >= 0.6 is 23.2 Å². The molecule has 1 fully saturated rings. The van der Waals surface area contributed by atoms with E-state index >= 15 is 0 Å². The normalized spacial score (nSPS) is 14.2. The highest BCUT2D eigenvalue weighted by Gasteiger charge is 2.23. The SMILES string of the molecule is CCn1c(-n2ncnc2N2CCCC2)nc2cncc(-c3ccc(Cl)cc3Cl)c21. The van der Waals surface area contributed by atoms with Crippen molar-refractivity contribution in [2.24, 2.45) is 0 Å². The van der Waals surface area contributed by atoms with Crippen molar-refractivity contribution in [3.8, 4) is 17.1 Å². The summed E-state index contributed by atoms with van der Waals surface area (Å²) in [4.78, 5) is 16.0. The van der Waals surface area contributed by atoms with E-state index in [1.165, 1.54) is 12.8 Å². The zero-order valence-electron chi connectivity index (χ0n) is 15.9. The van der Waals surface area contributed by atoms with E-state index in [1.54, 1.807) is 18.6 Å². The van der Waals surface area contributed by atoms with E-state index in [0.717, 1.165) is 47.1 Å². The van der Waals surface area contributed by atoms with Crippen LogP contribution < -0.4 is 4.90 Å². The summed E-state index contributed by atoms with van der Waals surface area (Å²) in [6.45, 7) is 4.77. The second-order valence-corrected chi connectivity index (χ2v) is 7.84. The minimum absolute atomic E-state index is 0.579. The van der Waals surface area contributed by atoms with Crippen molar-refractivity contribution in [3.63, 3.8) is 0 Å². The summed E-state index contributed by atoms with van der Waals surface area (Å²) in [6, 6.07) is 5.49. The smallest absolute Gasteiger partial charge is 0.235 e. The third-order valence-electron chi connectivity index (χ3n) is 5.28. The van der Waals surface area contributed by atoms with Crippen molar-refractivity contribution >= 4 is 40.2 Å². The van der Waals surface area contributed by atoms with Gasteiger partial charge in [0.2, 0.25) is 11.9 Å². The van der Waals surface area contributed by atoms with Crippen LogP contribution in [0.5, 0.6) is 0 Å². The molecule has 1 aromatic carbocycles. The van der Waals surface area contributed by atoms with E-state index in [2.05, 4.69) is 31.5 Å². The molecule has 1 aliphatic rings. The Labute approximate surface area is 177 Å². The maximum atomic E-state index is 6.50. The lowest BCUT2D eigenvalue weighted by Gasteiger charge is -2.17. The molecule has 29 heavy (non-hydrogen) atoms. The number of benzene rings is 1. The summed E-state index contributed by atoms with van der Waals surface area (Å²) in [5.41, 5.74) is 3.53. The number of pyridine rings is 1. The monoisotopic (exact) mass is 427 g/mol. The van der Waals surface area contributed by atoms with Crippen LogP contribution in [-0.2, 0) is 6.54 Å². The quantitative estimate of drug-likeness (QED) is 0.475. The number of anilines is 1. The van der Waals surface area contributed by atoms with E-state index < -0.39 is 0 Å². The van der Waals surface area contributed by atoms with E-state index in [4.69, 9.17) is 28.2 Å². The third kappa shape index (κ3) is 3.05. The van der Waals surface area contributed by atoms with Gasteiger partial charge in [0.15, 0.2) is 0 Å². The number of nitrogens with zero attached hydrogens (tertiary/aromatic N) is 7. The fourth-order valence-electron chi connectivity index (χ4n) is 3.95. The molecule has 0 atom stereocenters. The fourth-order valence-corrected chi connectivity index (χ4v) is 4.46. The van der Waals surface area contributed by atoms with Gasteiger partial charge in [-0.25, -0.2) is 4.98 Å². The summed E-state index contributed by atoms with van der Waals surface area (Å²) >= 11 is 12.6. The highest BCUT2D eigenvalue weighted by atomic mass is 35.5. The van der Waals surface area contributed by atoms with Crippen molar-refractivity contribution in [1.29, 1.82) is 0 Å². The van der Waals surface area contributed by atoms with Crippen LogP contribution in [0, 0.1) is 0 Å². The Hall–Kier alpha value is -2.64. The van der Waals surface area contributed by atoms with Gasteiger partial charge in [-0.05, 0) is 31.9 Å². The molecule has 0 aliphatic carbocycles. The Bertz CT molecular complexity index is 1190. The molecule has 1 saturated heterocycles. The first-order chi connectivity index (χ1) is 14.2. The number of aromatic nitrogens is 6. The van der Waals surface area contributed by atoms with Gasteiger partial charge in [-0.15, -0.1) is 0 Å². The molecule has 0 saturated carbocycles. The number of rotatable bonds is 4. The molecule has 148 valence electrons. The average molecular weight is 428 g/mol. The first-order valence-electron chi connectivity index (χ1n) is 9.62. The highest BCUT2D eigenvalue weighted by molar-refractivity contribution is 6.36. The van der Waals surface area contributed by atoms with E-state index in [-0.39, 0.29) is 0 Å². The van der Waals surface area contributed by atoms with Crippen LogP contribution in [-0.4, -0.2) is 42.4 Å². The molecular formula is C20H19Cl2N7. The Morgan fingerprint density at radius 3 is 2.62 bits per heavy atom. The molecule has 0 spiro atoms. The fraction of sp³-hybridized carbons (Fsp3) is 0.300. The first kappa shape index (κ1) is 18.4. The summed E-state index contributed by atoms with van der Waals surface area (Å²) in [7, 11) is 0. The number of aryl methyl sites for hydroxylation is 1. The van der Waals surface area contributed by atoms with Crippen molar-refractivity contribution in [3.05, 3.63) is 47.0 Å². The summed E-state index contributed by atoms with van der Waals surface area (Å²) < 4.78 is 3.95. The molecule has 0 N–H and O–H groups in total. The molecule has 0 radical (unpaired) electrons. The standard InChI is InChI=1S/C20H19Cl2N7/c1-2-28-18-15(14-6-5-13(21)9-16(14)22)10-23-11-17(18)26-20(28)29-19(24-12-25-29)27-7-3-4-8-27/h5-6,9-12H,2-4,7-8H2,1H3. The number of hydrogen-bond donors (Lipinski definition) is 0. The van der Waals surface area contributed by atoms with Gasteiger partial charge < -0.3 is 9.47 Å². The Morgan fingerprint density at radius 2 is 1.86 bits per heavy atom. The molecule has 5 rings (SSSR count). The Morgan fingerprint density at radius 1 is 1.03 bits per heavy atom. The van der Waals surface area contributed by atoms with Gasteiger partial charge in [-0.3, -0.25) is 4.98 Å².